The van der Waals surface area contributed by atoms with E-state index in [4.69, 9.17) is 5.73 Å². The van der Waals surface area contributed by atoms with Crippen molar-refractivity contribution in [1.29, 1.82) is 0 Å². The lowest BCUT2D eigenvalue weighted by Gasteiger charge is -2.11. The van der Waals surface area contributed by atoms with Crippen molar-refractivity contribution in [2.45, 2.75) is 26.3 Å². The second kappa shape index (κ2) is 6.91. The lowest BCUT2D eigenvalue weighted by Crippen LogP contribution is -2.18. The van der Waals surface area contributed by atoms with Gasteiger partial charge in [0.1, 0.15) is 5.82 Å². The summed E-state index contributed by atoms with van der Waals surface area (Å²) >= 11 is 0. The minimum absolute atomic E-state index is 0. The third kappa shape index (κ3) is 3.96. The van der Waals surface area contributed by atoms with Crippen LogP contribution in [0.15, 0.2) is 30.6 Å². The van der Waals surface area contributed by atoms with Crippen molar-refractivity contribution in [3.63, 3.8) is 0 Å². The minimum Gasteiger partial charge on any atom is -0.397 e. The lowest BCUT2D eigenvalue weighted by atomic mass is 10.2. The maximum absolute atomic E-state index is 11.9. The highest BCUT2D eigenvalue weighted by molar-refractivity contribution is 5.91. The molecule has 7 heteroatoms. The summed E-state index contributed by atoms with van der Waals surface area (Å²) < 4.78 is 1.76. The maximum atomic E-state index is 11.9. The van der Waals surface area contributed by atoms with Crippen LogP contribution in [0.25, 0.3) is 0 Å². The number of rotatable bonds is 4. The number of nitrogen functional groups attached to an aromatic ring is 1. The molecular weight excluding hydrogens is 278 g/mol. The Bertz CT molecular complexity index is 564. The summed E-state index contributed by atoms with van der Waals surface area (Å²) in [4.78, 5) is 16.0. The number of amides is 1. The van der Waals surface area contributed by atoms with Gasteiger partial charge in [-0.3, -0.25) is 9.78 Å². The molecule has 2 heterocycles. The summed E-state index contributed by atoms with van der Waals surface area (Å²) in [6.45, 7) is 4.01. The molecule has 0 aliphatic carbocycles. The molecule has 2 aromatic rings. The minimum atomic E-state index is -0.125. The molecule has 0 atom stereocenters. The van der Waals surface area contributed by atoms with Crippen molar-refractivity contribution >= 4 is 29.8 Å². The number of anilines is 2. The van der Waals surface area contributed by atoms with E-state index < -0.39 is 0 Å². The van der Waals surface area contributed by atoms with E-state index in [1.807, 2.05) is 13.8 Å². The molecule has 0 bridgehead atoms. The predicted octanol–water partition coefficient (Wildman–Crippen LogP) is 2.04. The van der Waals surface area contributed by atoms with Gasteiger partial charge < -0.3 is 11.1 Å². The zero-order chi connectivity index (χ0) is 13.8. The topological polar surface area (TPSA) is 85.8 Å². The summed E-state index contributed by atoms with van der Waals surface area (Å²) in [5.74, 6) is 0.565. The Morgan fingerprint density at radius 1 is 1.40 bits per heavy atom. The van der Waals surface area contributed by atoms with Gasteiger partial charge in [-0.2, -0.15) is 5.10 Å². The second-order valence-electron chi connectivity index (χ2n) is 4.56. The molecular formula is C13H18ClN5O. The first-order valence-electron chi connectivity index (χ1n) is 6.10. The summed E-state index contributed by atoms with van der Waals surface area (Å²) in [5, 5.41) is 6.98. The Kier molecular flexibility index (Phi) is 5.52. The largest absolute Gasteiger partial charge is 0.397 e. The smallest absolute Gasteiger partial charge is 0.231 e. The second-order valence-corrected chi connectivity index (χ2v) is 4.56. The number of aromatic nitrogens is 3. The molecule has 2 rings (SSSR count). The number of carbonyl (C=O) groups is 1. The van der Waals surface area contributed by atoms with Crippen LogP contribution in [0, 0.1) is 0 Å². The van der Waals surface area contributed by atoms with Gasteiger partial charge in [-0.15, -0.1) is 12.4 Å². The van der Waals surface area contributed by atoms with Crippen LogP contribution in [0.4, 0.5) is 11.5 Å². The molecule has 0 spiro atoms. The standard InChI is InChI=1S/C13H17N5O.ClH/c1-9(2)18-12(5-6-16-18)17-13(19)7-11-4-3-10(14)8-15-11;/h3-6,8-9H,7,14H2,1-2H3,(H,17,19);1H. The van der Waals surface area contributed by atoms with Crippen LogP contribution in [0.1, 0.15) is 25.6 Å². The van der Waals surface area contributed by atoms with Gasteiger partial charge >= 0.3 is 0 Å². The number of nitrogens with two attached hydrogens (primary N) is 1. The third-order valence-electron chi connectivity index (χ3n) is 2.62. The number of pyridine rings is 1. The summed E-state index contributed by atoms with van der Waals surface area (Å²) in [6, 6.07) is 5.44. The highest BCUT2D eigenvalue weighted by Crippen LogP contribution is 2.13. The summed E-state index contributed by atoms with van der Waals surface area (Å²) in [5.41, 5.74) is 6.81. The zero-order valence-corrected chi connectivity index (χ0v) is 12.2. The van der Waals surface area contributed by atoms with E-state index in [-0.39, 0.29) is 30.8 Å². The number of hydrogen-bond donors (Lipinski definition) is 2. The number of nitrogens with one attached hydrogen (secondary N) is 1. The number of nitrogens with zero attached hydrogens (tertiary/aromatic N) is 3. The average molecular weight is 296 g/mol. The van der Waals surface area contributed by atoms with Gasteiger partial charge in [-0.05, 0) is 26.0 Å². The Morgan fingerprint density at radius 3 is 2.75 bits per heavy atom. The fourth-order valence-corrected chi connectivity index (χ4v) is 1.72. The Hall–Kier alpha value is -2.08. The zero-order valence-electron chi connectivity index (χ0n) is 11.4. The monoisotopic (exact) mass is 295 g/mol. The molecule has 0 aliphatic heterocycles. The first-order valence-corrected chi connectivity index (χ1v) is 6.10. The van der Waals surface area contributed by atoms with E-state index in [1.165, 1.54) is 0 Å². The Balaban J connectivity index is 0.00000200. The van der Waals surface area contributed by atoms with Crippen LogP contribution in [0.3, 0.4) is 0 Å². The van der Waals surface area contributed by atoms with E-state index in [2.05, 4.69) is 15.4 Å². The van der Waals surface area contributed by atoms with E-state index in [0.717, 1.165) is 0 Å². The Morgan fingerprint density at radius 2 is 2.15 bits per heavy atom. The molecule has 0 radical (unpaired) electrons. The molecule has 3 N–H and O–H groups in total. The number of hydrogen-bond acceptors (Lipinski definition) is 4. The normalized spacial score (nSPS) is 10.2. The Labute approximate surface area is 123 Å². The van der Waals surface area contributed by atoms with Gasteiger partial charge in [-0.25, -0.2) is 4.68 Å². The van der Waals surface area contributed by atoms with Crippen LogP contribution in [-0.4, -0.2) is 20.7 Å². The van der Waals surface area contributed by atoms with Crippen molar-refractivity contribution in [3.8, 4) is 0 Å². The molecule has 1 amide bonds. The highest BCUT2D eigenvalue weighted by Gasteiger charge is 2.10. The van der Waals surface area contributed by atoms with Crippen molar-refractivity contribution in [2.24, 2.45) is 0 Å². The molecule has 0 saturated heterocycles. The van der Waals surface area contributed by atoms with Crippen LogP contribution < -0.4 is 11.1 Å². The molecule has 20 heavy (non-hydrogen) atoms. The average Bonchev–Trinajstić information content (AvgIpc) is 2.80. The van der Waals surface area contributed by atoms with Gasteiger partial charge in [0.05, 0.1) is 24.5 Å². The number of carbonyl (C=O) groups excluding carboxylic acids is 1. The van der Waals surface area contributed by atoms with Gasteiger partial charge in [0, 0.05) is 17.8 Å². The van der Waals surface area contributed by atoms with Crippen LogP contribution in [0.5, 0.6) is 0 Å². The fourth-order valence-electron chi connectivity index (χ4n) is 1.72. The molecule has 6 nitrogen and oxygen atoms in total. The molecule has 108 valence electrons. The molecule has 0 unspecified atom stereocenters. The van der Waals surface area contributed by atoms with Crippen molar-refractivity contribution in [2.75, 3.05) is 11.1 Å². The SMILES string of the molecule is CC(C)n1nccc1NC(=O)Cc1ccc(N)cn1.Cl. The molecule has 0 saturated carbocycles. The summed E-state index contributed by atoms with van der Waals surface area (Å²) in [6.07, 6.45) is 3.42. The predicted molar refractivity (Wildman–Crippen MR) is 80.8 cm³/mol. The van der Waals surface area contributed by atoms with Gasteiger partial charge in [0.2, 0.25) is 5.91 Å². The van der Waals surface area contributed by atoms with E-state index >= 15 is 0 Å². The van der Waals surface area contributed by atoms with Gasteiger partial charge in [0.15, 0.2) is 0 Å². The first-order chi connectivity index (χ1) is 9.06. The van der Waals surface area contributed by atoms with Crippen molar-refractivity contribution < 1.29 is 4.79 Å². The van der Waals surface area contributed by atoms with Gasteiger partial charge in [-0.1, -0.05) is 0 Å². The number of halogens is 1. The highest BCUT2D eigenvalue weighted by atomic mass is 35.5. The fraction of sp³-hybridized carbons (Fsp3) is 0.308. The van der Waals surface area contributed by atoms with E-state index in [0.29, 0.717) is 17.2 Å². The lowest BCUT2D eigenvalue weighted by molar-refractivity contribution is -0.115. The van der Waals surface area contributed by atoms with Gasteiger partial charge in [0.25, 0.3) is 0 Å². The molecule has 0 aromatic carbocycles. The van der Waals surface area contributed by atoms with Crippen LogP contribution >= 0.6 is 12.4 Å². The van der Waals surface area contributed by atoms with E-state index in [1.54, 1.807) is 35.3 Å². The summed E-state index contributed by atoms with van der Waals surface area (Å²) in [7, 11) is 0. The van der Waals surface area contributed by atoms with Crippen molar-refractivity contribution in [3.05, 3.63) is 36.3 Å². The maximum Gasteiger partial charge on any atom is 0.231 e. The first kappa shape index (κ1) is 16.0. The van der Waals surface area contributed by atoms with Crippen LogP contribution in [-0.2, 0) is 11.2 Å². The van der Waals surface area contributed by atoms with E-state index in [9.17, 15) is 4.79 Å². The molecule has 0 fully saturated rings. The van der Waals surface area contributed by atoms with Crippen molar-refractivity contribution in [1.82, 2.24) is 14.8 Å². The third-order valence-corrected chi connectivity index (χ3v) is 2.62. The molecule has 2 aromatic heterocycles. The van der Waals surface area contributed by atoms with Crippen LogP contribution in [0.2, 0.25) is 0 Å². The molecule has 0 aliphatic rings. The quantitative estimate of drug-likeness (QED) is 0.904.